The van der Waals surface area contributed by atoms with E-state index in [4.69, 9.17) is 9.47 Å². The van der Waals surface area contributed by atoms with Crippen molar-refractivity contribution in [1.29, 1.82) is 0 Å². The van der Waals surface area contributed by atoms with E-state index in [0.29, 0.717) is 6.10 Å². The Labute approximate surface area is 216 Å². The van der Waals surface area contributed by atoms with E-state index < -0.39 is 7.26 Å². The number of rotatable bonds is 8. The van der Waals surface area contributed by atoms with Crippen molar-refractivity contribution in [3.05, 3.63) is 115 Å². The molecule has 2 nitrogen and oxygen atoms in total. The van der Waals surface area contributed by atoms with Crippen LogP contribution in [0, 0.1) is 0 Å². The van der Waals surface area contributed by atoms with E-state index >= 15 is 0 Å². The summed E-state index contributed by atoms with van der Waals surface area (Å²) >= 11 is 0. The Kier molecular flexibility index (Phi) is 8.50. The molecule has 0 aliphatic heterocycles. The van der Waals surface area contributed by atoms with Crippen LogP contribution in [0.5, 0.6) is 11.5 Å². The first kappa shape index (κ1) is 25.3. The Balaban J connectivity index is 0.00000289. The molecule has 4 heteroatoms. The Morgan fingerprint density at radius 1 is 0.657 bits per heavy atom. The smallest absolute Gasteiger partial charge is 0.161 e. The summed E-state index contributed by atoms with van der Waals surface area (Å²) in [6.45, 7) is 0. The molecule has 0 atom stereocenters. The second-order valence-corrected chi connectivity index (χ2v) is 12.5. The number of hydrogen-bond donors (Lipinski definition) is 0. The molecule has 180 valence electrons. The molecule has 0 radical (unpaired) electrons. The highest BCUT2D eigenvalue weighted by molar-refractivity contribution is 7.95. The summed E-state index contributed by atoms with van der Waals surface area (Å²) in [6.07, 6.45) is 5.97. The van der Waals surface area contributed by atoms with Crippen LogP contribution in [-0.2, 0) is 6.16 Å². The van der Waals surface area contributed by atoms with E-state index in [9.17, 15) is 0 Å². The zero-order chi connectivity index (χ0) is 23.2. The minimum atomic E-state index is -1.95. The molecule has 0 N–H and O–H groups in total. The molecule has 0 bridgehead atoms. The van der Waals surface area contributed by atoms with Crippen molar-refractivity contribution in [3.8, 4) is 11.5 Å². The summed E-state index contributed by atoms with van der Waals surface area (Å²) < 4.78 is 12.1. The second-order valence-electron chi connectivity index (χ2n) is 8.98. The Morgan fingerprint density at radius 2 is 1.14 bits per heavy atom. The maximum Gasteiger partial charge on any atom is 0.161 e. The maximum atomic E-state index is 6.46. The summed E-state index contributed by atoms with van der Waals surface area (Å²) in [5.74, 6) is 1.69. The van der Waals surface area contributed by atoms with Gasteiger partial charge in [0.2, 0.25) is 0 Å². The fourth-order valence-electron chi connectivity index (χ4n) is 5.14. The van der Waals surface area contributed by atoms with Crippen molar-refractivity contribution in [2.24, 2.45) is 0 Å². The lowest BCUT2D eigenvalue weighted by Gasteiger charge is -2.28. The second kappa shape index (κ2) is 11.8. The molecular formula is C31H32ClO2P. The first-order chi connectivity index (χ1) is 16.8. The average Bonchev–Trinajstić information content (AvgIpc) is 3.42. The number of ether oxygens (including phenoxy) is 2. The summed E-state index contributed by atoms with van der Waals surface area (Å²) in [5, 5.41) is 4.17. The first-order valence-electron chi connectivity index (χ1n) is 12.2. The van der Waals surface area contributed by atoms with Crippen molar-refractivity contribution in [1.82, 2.24) is 0 Å². The number of methoxy groups -OCH3 is 1. The highest BCUT2D eigenvalue weighted by atomic mass is 35.5. The van der Waals surface area contributed by atoms with Gasteiger partial charge in [0, 0.05) is 0 Å². The Morgan fingerprint density at radius 3 is 1.60 bits per heavy atom. The van der Waals surface area contributed by atoms with Crippen LogP contribution in [0.2, 0.25) is 0 Å². The molecule has 0 aromatic heterocycles. The summed E-state index contributed by atoms with van der Waals surface area (Å²) in [5.41, 5.74) is 1.28. The number of benzene rings is 4. The van der Waals surface area contributed by atoms with Crippen molar-refractivity contribution >= 4 is 23.2 Å². The molecule has 4 aromatic carbocycles. The molecule has 0 amide bonds. The van der Waals surface area contributed by atoms with Gasteiger partial charge in [-0.05, 0) is 79.8 Å². The summed E-state index contributed by atoms with van der Waals surface area (Å²) in [4.78, 5) is 0. The van der Waals surface area contributed by atoms with Gasteiger partial charge in [0.1, 0.15) is 23.2 Å². The van der Waals surface area contributed by atoms with Gasteiger partial charge in [-0.2, -0.15) is 0 Å². The zero-order valence-corrected chi connectivity index (χ0v) is 21.8. The van der Waals surface area contributed by atoms with Crippen LogP contribution in [0.25, 0.3) is 0 Å². The molecule has 0 heterocycles. The van der Waals surface area contributed by atoms with Crippen LogP contribution in [0.4, 0.5) is 0 Å². The van der Waals surface area contributed by atoms with Gasteiger partial charge in [0.05, 0.1) is 19.4 Å². The highest BCUT2D eigenvalue weighted by Crippen LogP contribution is 2.58. The molecule has 1 aliphatic rings. The van der Waals surface area contributed by atoms with Crippen LogP contribution in [-0.4, -0.2) is 13.2 Å². The van der Waals surface area contributed by atoms with Crippen LogP contribution in [0.1, 0.15) is 31.2 Å². The average molecular weight is 503 g/mol. The summed E-state index contributed by atoms with van der Waals surface area (Å²) in [7, 11) is -0.223. The molecule has 0 unspecified atom stereocenters. The van der Waals surface area contributed by atoms with Crippen LogP contribution >= 0.6 is 7.26 Å². The monoisotopic (exact) mass is 502 g/mol. The van der Waals surface area contributed by atoms with Crippen molar-refractivity contribution in [2.45, 2.75) is 37.9 Å². The normalized spacial score (nSPS) is 13.7. The quantitative estimate of drug-likeness (QED) is 0.343. The van der Waals surface area contributed by atoms with Gasteiger partial charge in [-0.3, -0.25) is 0 Å². The van der Waals surface area contributed by atoms with Gasteiger partial charge in [0.15, 0.2) is 11.5 Å². The Hall–Kier alpha value is -2.80. The lowest BCUT2D eigenvalue weighted by Crippen LogP contribution is -3.00. The molecular weight excluding hydrogens is 471 g/mol. The van der Waals surface area contributed by atoms with E-state index in [1.165, 1.54) is 34.3 Å². The highest BCUT2D eigenvalue weighted by Gasteiger charge is 2.45. The fourth-order valence-corrected chi connectivity index (χ4v) is 9.37. The predicted octanol–water partition coefficient (Wildman–Crippen LogP) is 3.51. The van der Waals surface area contributed by atoms with E-state index in [2.05, 4.69) is 109 Å². The molecule has 1 fully saturated rings. The lowest BCUT2D eigenvalue weighted by molar-refractivity contribution is -0.00000780. The minimum absolute atomic E-state index is 0. The topological polar surface area (TPSA) is 18.5 Å². The van der Waals surface area contributed by atoms with Gasteiger partial charge < -0.3 is 21.9 Å². The number of hydrogen-bond acceptors (Lipinski definition) is 2. The first-order valence-corrected chi connectivity index (χ1v) is 14.2. The van der Waals surface area contributed by atoms with Gasteiger partial charge in [-0.1, -0.05) is 60.7 Å². The van der Waals surface area contributed by atoms with Crippen molar-refractivity contribution in [3.63, 3.8) is 0 Å². The SMILES string of the molecule is COc1ccc(C[P+](c2ccccc2)(c2ccccc2)c2ccccc2)cc1OC1CCCC1.[Cl-]. The third kappa shape index (κ3) is 5.40. The molecule has 4 aromatic rings. The van der Waals surface area contributed by atoms with E-state index in [1.54, 1.807) is 7.11 Å². The molecule has 35 heavy (non-hydrogen) atoms. The lowest BCUT2D eigenvalue weighted by atomic mass is 10.2. The molecule has 1 saturated carbocycles. The third-order valence-electron chi connectivity index (χ3n) is 6.83. The fraction of sp³-hybridized carbons (Fsp3) is 0.226. The number of halogens is 1. The van der Waals surface area contributed by atoms with Crippen molar-refractivity contribution < 1.29 is 21.9 Å². The third-order valence-corrected chi connectivity index (χ3v) is 11.2. The summed E-state index contributed by atoms with van der Waals surface area (Å²) in [6, 6.07) is 39.6. The largest absolute Gasteiger partial charge is 1.00 e. The predicted molar refractivity (Wildman–Crippen MR) is 145 cm³/mol. The van der Waals surface area contributed by atoms with Crippen LogP contribution in [0.15, 0.2) is 109 Å². The van der Waals surface area contributed by atoms with Gasteiger partial charge in [-0.25, -0.2) is 0 Å². The van der Waals surface area contributed by atoms with Gasteiger partial charge >= 0.3 is 0 Å². The zero-order valence-electron chi connectivity index (χ0n) is 20.1. The van der Waals surface area contributed by atoms with E-state index in [1.807, 2.05) is 0 Å². The maximum absolute atomic E-state index is 6.46. The van der Waals surface area contributed by atoms with Gasteiger partial charge in [0.25, 0.3) is 0 Å². The van der Waals surface area contributed by atoms with Gasteiger partial charge in [-0.15, -0.1) is 0 Å². The standard InChI is InChI=1S/C31H32O2P.ClH/c1-32-30-22-21-25(23-31(30)33-26-13-11-12-14-26)24-34(27-15-5-2-6-16-27,28-17-7-3-8-18-28)29-19-9-4-10-20-29;/h2-10,15-23,26H,11-14,24H2,1H3;1H/q+1;/p-1. The molecule has 0 saturated heterocycles. The van der Waals surface area contributed by atoms with Crippen LogP contribution < -0.4 is 37.8 Å². The van der Waals surface area contributed by atoms with Crippen LogP contribution in [0.3, 0.4) is 0 Å². The van der Waals surface area contributed by atoms with E-state index in [-0.39, 0.29) is 12.4 Å². The molecule has 1 aliphatic carbocycles. The molecule has 5 rings (SSSR count). The molecule has 0 spiro atoms. The minimum Gasteiger partial charge on any atom is -1.00 e. The van der Waals surface area contributed by atoms with Crippen molar-refractivity contribution in [2.75, 3.05) is 7.11 Å². The van der Waals surface area contributed by atoms with E-state index in [0.717, 1.165) is 30.5 Å². The Bertz CT molecular complexity index is 1100.